The molecule has 0 radical (unpaired) electrons. The van der Waals surface area contributed by atoms with E-state index in [4.69, 9.17) is 4.74 Å². The van der Waals surface area contributed by atoms with Gasteiger partial charge in [0.15, 0.2) is 0 Å². The summed E-state index contributed by atoms with van der Waals surface area (Å²) in [4.78, 5) is 20.6. The van der Waals surface area contributed by atoms with Crippen molar-refractivity contribution in [2.45, 2.75) is 20.0 Å². The van der Waals surface area contributed by atoms with Gasteiger partial charge in [0.1, 0.15) is 4.88 Å². The summed E-state index contributed by atoms with van der Waals surface area (Å²) >= 11 is 1.44. The summed E-state index contributed by atoms with van der Waals surface area (Å²) in [5.74, 6) is -0.0735. The highest BCUT2D eigenvalue weighted by molar-refractivity contribution is 7.14. The van der Waals surface area contributed by atoms with Gasteiger partial charge in [-0.15, -0.1) is 11.3 Å². The minimum Gasteiger partial charge on any atom is -0.379 e. The number of nitrogens with one attached hydrogen (secondary N) is 1. The van der Waals surface area contributed by atoms with Crippen LogP contribution in [0.25, 0.3) is 11.3 Å². The van der Waals surface area contributed by atoms with E-state index in [2.05, 4.69) is 33.4 Å². The lowest BCUT2D eigenvalue weighted by atomic mass is 10.1. The van der Waals surface area contributed by atoms with E-state index in [9.17, 15) is 4.79 Å². The predicted octanol–water partition coefficient (Wildman–Crippen LogP) is 3.88. The number of carbonyl (C=O) groups is 1. The van der Waals surface area contributed by atoms with Crippen molar-refractivity contribution in [1.82, 2.24) is 15.2 Å². The Morgan fingerprint density at radius 2 is 1.76 bits per heavy atom. The van der Waals surface area contributed by atoms with Gasteiger partial charge in [0.2, 0.25) is 0 Å². The summed E-state index contributed by atoms with van der Waals surface area (Å²) in [6.45, 7) is 6.78. The zero-order chi connectivity index (χ0) is 20.1. The first-order valence-corrected chi connectivity index (χ1v) is 10.7. The van der Waals surface area contributed by atoms with Crippen LogP contribution in [0.3, 0.4) is 0 Å². The molecule has 0 saturated carbocycles. The van der Waals surface area contributed by atoms with Gasteiger partial charge in [0.25, 0.3) is 5.91 Å². The third kappa shape index (κ3) is 4.90. The normalized spacial score (nSPS) is 14.7. The van der Waals surface area contributed by atoms with E-state index < -0.39 is 0 Å². The number of hydrogen-bond donors (Lipinski definition) is 1. The van der Waals surface area contributed by atoms with Crippen LogP contribution < -0.4 is 5.32 Å². The number of amides is 1. The fourth-order valence-electron chi connectivity index (χ4n) is 3.51. The summed E-state index contributed by atoms with van der Waals surface area (Å²) in [5.41, 5.74) is 4.12. The van der Waals surface area contributed by atoms with E-state index in [1.807, 2.05) is 43.3 Å². The summed E-state index contributed by atoms with van der Waals surface area (Å²) in [5, 5.41) is 4.00. The van der Waals surface area contributed by atoms with Crippen LogP contribution in [0, 0.1) is 6.92 Å². The number of carbonyl (C=O) groups excluding carboxylic acids is 1. The van der Waals surface area contributed by atoms with Gasteiger partial charge in [-0.05, 0) is 18.1 Å². The molecule has 1 aliphatic heterocycles. The van der Waals surface area contributed by atoms with Crippen LogP contribution in [0.15, 0.2) is 54.6 Å². The van der Waals surface area contributed by atoms with Crippen LogP contribution in [0.2, 0.25) is 0 Å². The van der Waals surface area contributed by atoms with Gasteiger partial charge in [-0.2, -0.15) is 0 Å². The summed E-state index contributed by atoms with van der Waals surface area (Å²) in [6, 6.07) is 18.2. The SMILES string of the molecule is Cc1nc(-c2ccccc2)c(C(=O)NCc2ccccc2CN2CCOCC2)s1. The third-order valence-corrected chi connectivity index (χ3v) is 6.01. The van der Waals surface area contributed by atoms with E-state index >= 15 is 0 Å². The second-order valence-electron chi connectivity index (χ2n) is 7.12. The molecule has 0 spiro atoms. The lowest BCUT2D eigenvalue weighted by Gasteiger charge is -2.27. The molecule has 2 heterocycles. The van der Waals surface area contributed by atoms with Gasteiger partial charge >= 0.3 is 0 Å². The zero-order valence-electron chi connectivity index (χ0n) is 16.6. The average molecular weight is 408 g/mol. The fourth-order valence-corrected chi connectivity index (χ4v) is 4.37. The molecule has 1 N–H and O–H groups in total. The maximum absolute atomic E-state index is 13.0. The van der Waals surface area contributed by atoms with E-state index in [0.717, 1.165) is 54.7 Å². The van der Waals surface area contributed by atoms with E-state index in [1.54, 1.807) is 0 Å². The molecule has 3 aromatic rings. The molecule has 6 heteroatoms. The molecule has 0 bridgehead atoms. The first-order valence-electron chi connectivity index (χ1n) is 9.88. The van der Waals surface area contributed by atoms with Gasteiger partial charge in [-0.3, -0.25) is 9.69 Å². The largest absolute Gasteiger partial charge is 0.379 e. The molecule has 0 aliphatic carbocycles. The van der Waals surface area contributed by atoms with Crippen molar-refractivity contribution in [1.29, 1.82) is 0 Å². The lowest BCUT2D eigenvalue weighted by molar-refractivity contribution is 0.0340. The van der Waals surface area contributed by atoms with Crippen molar-refractivity contribution in [2.24, 2.45) is 0 Å². The van der Waals surface area contributed by atoms with Gasteiger partial charge < -0.3 is 10.1 Å². The summed E-state index contributed by atoms with van der Waals surface area (Å²) in [6.07, 6.45) is 0. The number of nitrogens with zero attached hydrogens (tertiary/aromatic N) is 2. The van der Waals surface area contributed by atoms with E-state index in [1.165, 1.54) is 16.9 Å². The standard InChI is InChI=1S/C23H25N3O2S/c1-17-25-21(18-7-3-2-4-8-18)22(29-17)23(27)24-15-19-9-5-6-10-20(19)16-26-11-13-28-14-12-26/h2-10H,11-16H2,1H3,(H,24,27). The Morgan fingerprint density at radius 1 is 1.07 bits per heavy atom. The Balaban J connectivity index is 1.47. The average Bonchev–Trinajstić information content (AvgIpc) is 3.16. The zero-order valence-corrected chi connectivity index (χ0v) is 17.4. The topological polar surface area (TPSA) is 54.5 Å². The predicted molar refractivity (Wildman–Crippen MR) is 116 cm³/mol. The summed E-state index contributed by atoms with van der Waals surface area (Å²) < 4.78 is 5.44. The van der Waals surface area contributed by atoms with Crippen LogP contribution in [0.1, 0.15) is 25.8 Å². The second kappa shape index (κ2) is 9.31. The Bertz CT molecular complexity index is 965. The second-order valence-corrected chi connectivity index (χ2v) is 8.32. The van der Waals surface area contributed by atoms with Crippen LogP contribution in [0.5, 0.6) is 0 Å². The minimum atomic E-state index is -0.0735. The highest BCUT2D eigenvalue weighted by Gasteiger charge is 2.19. The molecule has 5 nitrogen and oxygen atoms in total. The number of hydrogen-bond acceptors (Lipinski definition) is 5. The Kier molecular flexibility index (Phi) is 6.34. The number of morpholine rings is 1. The molecule has 0 unspecified atom stereocenters. The molecule has 2 aromatic carbocycles. The van der Waals surface area contributed by atoms with E-state index in [0.29, 0.717) is 11.4 Å². The van der Waals surface area contributed by atoms with Crippen molar-refractivity contribution < 1.29 is 9.53 Å². The van der Waals surface area contributed by atoms with Crippen molar-refractivity contribution in [3.8, 4) is 11.3 Å². The first kappa shape index (κ1) is 19.8. The number of rotatable bonds is 6. The van der Waals surface area contributed by atoms with Crippen molar-refractivity contribution in [3.05, 3.63) is 75.6 Å². The first-order chi connectivity index (χ1) is 14.2. The van der Waals surface area contributed by atoms with Crippen molar-refractivity contribution in [3.63, 3.8) is 0 Å². The molecule has 150 valence electrons. The molecule has 1 aromatic heterocycles. The molecule has 0 atom stereocenters. The smallest absolute Gasteiger partial charge is 0.263 e. The monoisotopic (exact) mass is 407 g/mol. The molecule has 4 rings (SSSR count). The maximum Gasteiger partial charge on any atom is 0.263 e. The number of ether oxygens (including phenoxy) is 1. The Morgan fingerprint density at radius 3 is 2.52 bits per heavy atom. The highest BCUT2D eigenvalue weighted by atomic mass is 32.1. The Labute approximate surface area is 175 Å². The molecule has 1 aliphatic rings. The number of aryl methyl sites for hydroxylation is 1. The van der Waals surface area contributed by atoms with Crippen molar-refractivity contribution in [2.75, 3.05) is 26.3 Å². The molecule has 1 saturated heterocycles. The highest BCUT2D eigenvalue weighted by Crippen LogP contribution is 2.28. The third-order valence-electron chi connectivity index (χ3n) is 5.04. The lowest BCUT2D eigenvalue weighted by Crippen LogP contribution is -2.36. The van der Waals surface area contributed by atoms with Gasteiger partial charge in [-0.1, -0.05) is 54.6 Å². The molecule has 1 amide bonds. The van der Waals surface area contributed by atoms with Gasteiger partial charge in [0, 0.05) is 31.7 Å². The maximum atomic E-state index is 13.0. The number of thiazole rings is 1. The van der Waals surface area contributed by atoms with Gasteiger partial charge in [-0.25, -0.2) is 4.98 Å². The van der Waals surface area contributed by atoms with E-state index in [-0.39, 0.29) is 5.91 Å². The molecule has 1 fully saturated rings. The van der Waals surface area contributed by atoms with Crippen LogP contribution in [0.4, 0.5) is 0 Å². The van der Waals surface area contributed by atoms with Crippen LogP contribution in [-0.2, 0) is 17.8 Å². The van der Waals surface area contributed by atoms with Crippen LogP contribution in [-0.4, -0.2) is 42.1 Å². The fraction of sp³-hybridized carbons (Fsp3) is 0.304. The number of benzene rings is 2. The van der Waals surface area contributed by atoms with Crippen LogP contribution >= 0.6 is 11.3 Å². The molecular formula is C23H25N3O2S. The Hall–Kier alpha value is -2.54. The molecular weight excluding hydrogens is 382 g/mol. The number of aromatic nitrogens is 1. The molecule has 29 heavy (non-hydrogen) atoms. The quantitative estimate of drug-likeness (QED) is 0.674. The minimum absolute atomic E-state index is 0.0735. The van der Waals surface area contributed by atoms with Gasteiger partial charge in [0.05, 0.1) is 23.9 Å². The summed E-state index contributed by atoms with van der Waals surface area (Å²) in [7, 11) is 0. The van der Waals surface area contributed by atoms with Crippen molar-refractivity contribution >= 4 is 17.2 Å².